The van der Waals surface area contributed by atoms with Crippen LogP contribution in [0.4, 0.5) is 0 Å². The molecule has 0 spiro atoms. The molecule has 6 nitrogen and oxygen atoms in total. The summed E-state index contributed by atoms with van der Waals surface area (Å²) < 4.78 is 2.13. The number of carbonyl (C=O) groups is 1. The lowest BCUT2D eigenvalue weighted by atomic mass is 9.85. The second-order valence-corrected chi connectivity index (χ2v) is 6.84. The summed E-state index contributed by atoms with van der Waals surface area (Å²) in [4.78, 5) is 14.7. The maximum Gasteiger partial charge on any atom is 0.226 e. The number of hydrogen-bond acceptors (Lipinski definition) is 4. The fourth-order valence-electron chi connectivity index (χ4n) is 3.86. The first kappa shape index (κ1) is 20.7. The Morgan fingerprint density at radius 3 is 2.58 bits per heavy atom. The van der Waals surface area contributed by atoms with Gasteiger partial charge in [0.1, 0.15) is 0 Å². The number of amides is 1. The van der Waals surface area contributed by atoms with Crippen LogP contribution in [0.25, 0.3) is 11.4 Å². The normalized spacial score (nSPS) is 22.0. The van der Waals surface area contributed by atoms with E-state index >= 15 is 0 Å². The van der Waals surface area contributed by atoms with Crippen LogP contribution in [0, 0.1) is 5.92 Å². The summed E-state index contributed by atoms with van der Waals surface area (Å²) in [6, 6.07) is 10.2. The molecule has 1 fully saturated rings. The Morgan fingerprint density at radius 1 is 1.08 bits per heavy atom. The number of rotatable bonds is 2. The van der Waals surface area contributed by atoms with Gasteiger partial charge < -0.3 is 15.2 Å². The monoisotopic (exact) mass is 397 g/mol. The molecule has 1 saturated carbocycles. The molecular weight excluding hydrogens is 373 g/mol. The number of hydrogen-bond donors (Lipinski definition) is 1. The molecule has 0 bridgehead atoms. The fraction of sp³-hybridized carbons (Fsp3) is 0.500. The number of aromatic nitrogens is 3. The van der Waals surface area contributed by atoms with Crippen molar-refractivity contribution in [3.05, 3.63) is 36.2 Å². The van der Waals surface area contributed by atoms with Crippen molar-refractivity contribution in [3.63, 3.8) is 0 Å². The molecule has 1 amide bonds. The van der Waals surface area contributed by atoms with Crippen molar-refractivity contribution < 1.29 is 4.79 Å². The van der Waals surface area contributed by atoms with Crippen LogP contribution in [0.1, 0.15) is 31.5 Å². The predicted octanol–water partition coefficient (Wildman–Crippen LogP) is 2.65. The lowest BCUT2D eigenvalue weighted by molar-refractivity contribution is -0.138. The molecule has 2 atom stereocenters. The van der Waals surface area contributed by atoms with Crippen LogP contribution in [-0.2, 0) is 17.9 Å². The van der Waals surface area contributed by atoms with E-state index in [-0.39, 0.29) is 42.7 Å². The molecule has 2 aromatic rings. The van der Waals surface area contributed by atoms with Gasteiger partial charge in [0, 0.05) is 30.6 Å². The van der Waals surface area contributed by atoms with E-state index in [1.54, 1.807) is 0 Å². The summed E-state index contributed by atoms with van der Waals surface area (Å²) in [5, 5.41) is 8.66. The summed E-state index contributed by atoms with van der Waals surface area (Å²) in [6.07, 6.45) is 3.88. The average Bonchev–Trinajstić information content (AvgIpc) is 3.05. The average molecular weight is 398 g/mol. The first-order valence-corrected chi connectivity index (χ1v) is 8.74. The SMILES string of the molecule is Cl.Cl.NC1CCCC(C(=O)N2CCn3c(nnc3-c3ccccc3)C2)C1. The van der Waals surface area contributed by atoms with E-state index in [1.807, 2.05) is 35.2 Å². The highest BCUT2D eigenvalue weighted by molar-refractivity contribution is 5.85. The summed E-state index contributed by atoms with van der Waals surface area (Å²) in [6.45, 7) is 2.01. The quantitative estimate of drug-likeness (QED) is 0.844. The second-order valence-electron chi connectivity index (χ2n) is 6.84. The Morgan fingerprint density at radius 2 is 1.85 bits per heavy atom. The van der Waals surface area contributed by atoms with Crippen molar-refractivity contribution >= 4 is 30.7 Å². The number of nitrogens with two attached hydrogens (primary N) is 1. The standard InChI is InChI=1S/C18H23N5O.2ClH/c19-15-8-4-7-14(11-15)18(24)22-9-10-23-16(12-22)20-21-17(23)13-5-2-1-3-6-13;;/h1-3,5-6,14-15H,4,7-12,19H2;2*1H. The van der Waals surface area contributed by atoms with E-state index in [0.29, 0.717) is 6.54 Å². The number of halogens is 2. The van der Waals surface area contributed by atoms with Gasteiger partial charge >= 0.3 is 0 Å². The Hall–Kier alpha value is -1.63. The predicted molar refractivity (Wildman–Crippen MR) is 105 cm³/mol. The highest BCUT2D eigenvalue weighted by Crippen LogP contribution is 2.27. The van der Waals surface area contributed by atoms with Crippen molar-refractivity contribution in [2.24, 2.45) is 11.7 Å². The second kappa shape index (κ2) is 8.84. The lowest BCUT2D eigenvalue weighted by Crippen LogP contribution is -2.44. The minimum absolute atomic E-state index is 0. The summed E-state index contributed by atoms with van der Waals surface area (Å²) in [5.74, 6) is 2.07. The van der Waals surface area contributed by atoms with Gasteiger partial charge in [-0.3, -0.25) is 4.79 Å². The zero-order valence-corrected chi connectivity index (χ0v) is 16.2. The summed E-state index contributed by atoms with van der Waals surface area (Å²) in [5.41, 5.74) is 7.10. The van der Waals surface area contributed by atoms with Crippen LogP contribution in [0.2, 0.25) is 0 Å². The minimum Gasteiger partial charge on any atom is -0.333 e. The molecule has 2 N–H and O–H groups in total. The van der Waals surface area contributed by atoms with Gasteiger partial charge in [-0.15, -0.1) is 35.0 Å². The molecule has 0 saturated heterocycles. The Labute approximate surface area is 166 Å². The van der Waals surface area contributed by atoms with Gasteiger partial charge in [0.2, 0.25) is 5.91 Å². The summed E-state index contributed by atoms with van der Waals surface area (Å²) in [7, 11) is 0. The molecule has 26 heavy (non-hydrogen) atoms. The van der Waals surface area contributed by atoms with Gasteiger partial charge in [0.05, 0.1) is 6.54 Å². The molecule has 2 unspecified atom stereocenters. The van der Waals surface area contributed by atoms with E-state index < -0.39 is 0 Å². The van der Waals surface area contributed by atoms with Crippen LogP contribution in [-0.4, -0.2) is 38.2 Å². The molecular formula is C18H25Cl2N5O. The third kappa shape index (κ3) is 4.03. The molecule has 2 aliphatic rings. The van der Waals surface area contributed by atoms with Crippen LogP contribution >= 0.6 is 24.8 Å². The van der Waals surface area contributed by atoms with Gasteiger partial charge in [-0.2, -0.15) is 0 Å². The summed E-state index contributed by atoms with van der Waals surface area (Å²) >= 11 is 0. The van der Waals surface area contributed by atoms with Gasteiger partial charge in [-0.05, 0) is 19.3 Å². The van der Waals surface area contributed by atoms with Crippen molar-refractivity contribution in [2.75, 3.05) is 6.54 Å². The maximum absolute atomic E-state index is 12.8. The Balaban J connectivity index is 0.00000121. The Kier molecular flexibility index (Phi) is 7.03. The number of benzene rings is 1. The molecule has 1 aromatic carbocycles. The van der Waals surface area contributed by atoms with Gasteiger partial charge in [0.15, 0.2) is 11.6 Å². The lowest BCUT2D eigenvalue weighted by Gasteiger charge is -2.33. The third-order valence-corrected chi connectivity index (χ3v) is 5.16. The van der Waals surface area contributed by atoms with Gasteiger partial charge in [-0.1, -0.05) is 36.8 Å². The molecule has 0 radical (unpaired) electrons. The topological polar surface area (TPSA) is 77.0 Å². The highest BCUT2D eigenvalue weighted by Gasteiger charge is 2.32. The third-order valence-electron chi connectivity index (χ3n) is 5.16. The first-order valence-electron chi connectivity index (χ1n) is 8.74. The Bertz CT molecular complexity index is 736. The van der Waals surface area contributed by atoms with Gasteiger partial charge in [0.25, 0.3) is 0 Å². The number of nitrogens with zero attached hydrogens (tertiary/aromatic N) is 4. The van der Waals surface area contributed by atoms with Crippen molar-refractivity contribution in [1.29, 1.82) is 0 Å². The van der Waals surface area contributed by atoms with E-state index in [0.717, 1.165) is 56.0 Å². The van der Waals surface area contributed by atoms with Gasteiger partial charge in [-0.25, -0.2) is 0 Å². The van der Waals surface area contributed by atoms with Crippen LogP contribution in [0.5, 0.6) is 0 Å². The van der Waals surface area contributed by atoms with Crippen LogP contribution in [0.3, 0.4) is 0 Å². The van der Waals surface area contributed by atoms with E-state index in [4.69, 9.17) is 5.73 Å². The van der Waals surface area contributed by atoms with E-state index in [1.165, 1.54) is 0 Å². The number of fused-ring (bicyclic) bond motifs is 1. The minimum atomic E-state index is 0. The molecule has 1 aliphatic carbocycles. The highest BCUT2D eigenvalue weighted by atomic mass is 35.5. The molecule has 8 heteroatoms. The molecule has 1 aliphatic heterocycles. The maximum atomic E-state index is 12.8. The van der Waals surface area contributed by atoms with Crippen molar-refractivity contribution in [3.8, 4) is 11.4 Å². The zero-order valence-electron chi connectivity index (χ0n) is 14.6. The largest absolute Gasteiger partial charge is 0.333 e. The molecule has 142 valence electrons. The molecule has 4 rings (SSSR count). The molecule has 1 aromatic heterocycles. The van der Waals surface area contributed by atoms with Crippen LogP contribution < -0.4 is 5.73 Å². The fourth-order valence-corrected chi connectivity index (χ4v) is 3.86. The smallest absolute Gasteiger partial charge is 0.226 e. The number of carbonyl (C=O) groups excluding carboxylic acids is 1. The van der Waals surface area contributed by atoms with Crippen molar-refractivity contribution in [1.82, 2.24) is 19.7 Å². The zero-order chi connectivity index (χ0) is 16.5. The van der Waals surface area contributed by atoms with Crippen molar-refractivity contribution in [2.45, 2.75) is 44.8 Å². The van der Waals surface area contributed by atoms with E-state index in [2.05, 4.69) is 14.8 Å². The van der Waals surface area contributed by atoms with E-state index in [9.17, 15) is 4.79 Å². The first-order chi connectivity index (χ1) is 11.7. The molecule has 2 heterocycles. The van der Waals surface area contributed by atoms with Crippen LogP contribution in [0.15, 0.2) is 30.3 Å².